The van der Waals surface area contributed by atoms with Crippen LogP contribution in [0.1, 0.15) is 11.1 Å². The molecule has 1 aliphatic carbocycles. The molecule has 0 saturated carbocycles. The summed E-state index contributed by atoms with van der Waals surface area (Å²) in [7, 11) is 2.79. The maximum atomic E-state index is 13.0. The fraction of sp³-hybridized carbons (Fsp3) is 0.100. The van der Waals surface area contributed by atoms with E-state index in [1.807, 2.05) is 12.1 Å². The Morgan fingerprint density at radius 3 is 1.21 bits per heavy atom. The van der Waals surface area contributed by atoms with Gasteiger partial charge in [0.15, 0.2) is 11.5 Å². The lowest BCUT2D eigenvalue weighted by Crippen LogP contribution is -2.24. The molecule has 0 heterocycles. The van der Waals surface area contributed by atoms with Crippen LogP contribution >= 0.6 is 0 Å². The molecule has 0 radical (unpaired) electrons. The number of methoxy groups -OCH3 is 2. The van der Waals surface area contributed by atoms with E-state index in [4.69, 9.17) is 9.47 Å². The summed E-state index contributed by atoms with van der Waals surface area (Å²) in [6, 6.07) is 17.9. The van der Waals surface area contributed by atoms with Gasteiger partial charge in [0.2, 0.25) is 11.6 Å². The molecule has 0 N–H and O–H groups in total. The third-order valence-electron chi connectivity index (χ3n) is 3.85. The number of carbonyl (C=O) groups is 2. The molecule has 24 heavy (non-hydrogen) atoms. The molecule has 2 aromatic rings. The molecule has 4 nitrogen and oxygen atoms in total. The monoisotopic (exact) mass is 320 g/mol. The van der Waals surface area contributed by atoms with Crippen molar-refractivity contribution >= 4 is 22.7 Å². The van der Waals surface area contributed by atoms with Gasteiger partial charge in [0.05, 0.1) is 25.4 Å². The Hall–Kier alpha value is -3.14. The minimum atomic E-state index is -0.362. The molecule has 0 fully saturated rings. The molecule has 2 aromatic carbocycles. The zero-order valence-electron chi connectivity index (χ0n) is 13.4. The average Bonchev–Trinajstić information content (AvgIpc) is 2.64. The number of allylic oxidation sites excluding steroid dienone is 2. The molecule has 0 saturated heterocycles. The summed E-state index contributed by atoms with van der Waals surface area (Å²) in [6.45, 7) is 0. The first-order valence-electron chi connectivity index (χ1n) is 7.45. The summed E-state index contributed by atoms with van der Waals surface area (Å²) < 4.78 is 10.6. The van der Waals surface area contributed by atoms with Gasteiger partial charge in [-0.1, -0.05) is 60.7 Å². The van der Waals surface area contributed by atoms with E-state index in [0.29, 0.717) is 11.1 Å². The molecule has 0 aromatic heterocycles. The Morgan fingerprint density at radius 1 is 0.583 bits per heavy atom. The highest BCUT2D eigenvalue weighted by Crippen LogP contribution is 2.36. The maximum Gasteiger partial charge on any atom is 0.232 e. The van der Waals surface area contributed by atoms with Crippen LogP contribution in [0.2, 0.25) is 0 Å². The van der Waals surface area contributed by atoms with E-state index in [9.17, 15) is 9.59 Å². The van der Waals surface area contributed by atoms with Gasteiger partial charge in [-0.15, -0.1) is 0 Å². The quantitative estimate of drug-likeness (QED) is 0.812. The largest absolute Gasteiger partial charge is 0.492 e. The van der Waals surface area contributed by atoms with Crippen LogP contribution in [0.25, 0.3) is 11.1 Å². The van der Waals surface area contributed by atoms with Crippen LogP contribution in [0.3, 0.4) is 0 Å². The van der Waals surface area contributed by atoms with Crippen LogP contribution in [-0.4, -0.2) is 25.8 Å². The van der Waals surface area contributed by atoms with E-state index in [1.54, 1.807) is 48.5 Å². The van der Waals surface area contributed by atoms with E-state index in [0.717, 1.165) is 0 Å². The smallest absolute Gasteiger partial charge is 0.232 e. The summed E-state index contributed by atoms with van der Waals surface area (Å²) in [5.74, 6) is -0.658. The molecular weight excluding hydrogens is 304 g/mol. The molecule has 0 aliphatic heterocycles. The van der Waals surface area contributed by atoms with E-state index < -0.39 is 0 Å². The van der Waals surface area contributed by atoms with Gasteiger partial charge in [0.25, 0.3) is 0 Å². The average molecular weight is 320 g/mol. The Labute approximate surface area is 140 Å². The predicted molar refractivity (Wildman–Crippen MR) is 90.8 cm³/mol. The van der Waals surface area contributed by atoms with E-state index in [2.05, 4.69) is 0 Å². The van der Waals surface area contributed by atoms with Crippen molar-refractivity contribution in [1.29, 1.82) is 0 Å². The summed E-state index contributed by atoms with van der Waals surface area (Å²) >= 11 is 0. The summed E-state index contributed by atoms with van der Waals surface area (Å²) in [5, 5.41) is 0. The van der Waals surface area contributed by atoms with E-state index in [-0.39, 0.29) is 34.2 Å². The Morgan fingerprint density at radius 2 is 0.917 bits per heavy atom. The first-order chi connectivity index (χ1) is 11.7. The molecule has 1 aliphatic rings. The van der Waals surface area contributed by atoms with Gasteiger partial charge in [0.1, 0.15) is 0 Å². The van der Waals surface area contributed by atoms with Crippen LogP contribution in [0.15, 0.2) is 72.2 Å². The number of ether oxygens (including phenoxy) is 2. The third kappa shape index (κ3) is 2.52. The van der Waals surface area contributed by atoms with Crippen molar-refractivity contribution in [2.24, 2.45) is 0 Å². The second-order valence-corrected chi connectivity index (χ2v) is 5.21. The van der Waals surface area contributed by atoms with Crippen molar-refractivity contribution in [3.63, 3.8) is 0 Å². The number of ketones is 2. The van der Waals surface area contributed by atoms with Crippen LogP contribution < -0.4 is 0 Å². The summed E-state index contributed by atoms with van der Waals surface area (Å²) in [4.78, 5) is 26.0. The third-order valence-corrected chi connectivity index (χ3v) is 3.85. The fourth-order valence-corrected chi connectivity index (χ4v) is 2.78. The van der Waals surface area contributed by atoms with E-state index >= 15 is 0 Å². The second-order valence-electron chi connectivity index (χ2n) is 5.21. The predicted octanol–water partition coefficient (Wildman–Crippen LogP) is 3.25. The lowest BCUT2D eigenvalue weighted by molar-refractivity contribution is -0.117. The van der Waals surface area contributed by atoms with Crippen molar-refractivity contribution in [2.75, 3.05) is 14.2 Å². The molecule has 4 heteroatoms. The van der Waals surface area contributed by atoms with Gasteiger partial charge in [-0.05, 0) is 11.1 Å². The van der Waals surface area contributed by atoms with Crippen LogP contribution in [0, 0.1) is 0 Å². The number of hydrogen-bond donors (Lipinski definition) is 0. The van der Waals surface area contributed by atoms with Crippen molar-refractivity contribution in [3.8, 4) is 0 Å². The van der Waals surface area contributed by atoms with Gasteiger partial charge in [-0.2, -0.15) is 0 Å². The highest BCUT2D eigenvalue weighted by Gasteiger charge is 2.37. The Kier molecular flexibility index (Phi) is 4.29. The zero-order chi connectivity index (χ0) is 17.1. The first kappa shape index (κ1) is 15.7. The minimum absolute atomic E-state index is 0.0332. The SMILES string of the molecule is COC1=C(c2ccccc2)C(=O)C(OC)=C(c2ccccc2)C1=O. The maximum absolute atomic E-state index is 13.0. The molecule has 0 amide bonds. The molecule has 0 atom stereocenters. The Bertz CT molecular complexity index is 772. The van der Waals surface area contributed by atoms with Gasteiger partial charge < -0.3 is 9.47 Å². The van der Waals surface area contributed by atoms with Gasteiger partial charge in [0, 0.05) is 0 Å². The zero-order valence-corrected chi connectivity index (χ0v) is 13.4. The number of benzene rings is 2. The second kappa shape index (κ2) is 6.54. The van der Waals surface area contributed by atoms with Gasteiger partial charge >= 0.3 is 0 Å². The van der Waals surface area contributed by atoms with Crippen molar-refractivity contribution < 1.29 is 19.1 Å². The minimum Gasteiger partial charge on any atom is -0.492 e. The molecule has 0 spiro atoms. The van der Waals surface area contributed by atoms with Crippen LogP contribution in [0.4, 0.5) is 0 Å². The number of hydrogen-bond acceptors (Lipinski definition) is 4. The summed E-state index contributed by atoms with van der Waals surface area (Å²) in [6.07, 6.45) is 0. The number of rotatable bonds is 4. The number of carbonyl (C=O) groups excluding carboxylic acids is 2. The molecular formula is C20H16O4. The Balaban J connectivity index is 2.23. The van der Waals surface area contributed by atoms with Crippen molar-refractivity contribution in [3.05, 3.63) is 83.3 Å². The lowest BCUT2D eigenvalue weighted by Gasteiger charge is -2.22. The van der Waals surface area contributed by atoms with Gasteiger partial charge in [-0.25, -0.2) is 0 Å². The van der Waals surface area contributed by atoms with Crippen molar-refractivity contribution in [1.82, 2.24) is 0 Å². The van der Waals surface area contributed by atoms with Crippen LogP contribution in [0.5, 0.6) is 0 Å². The van der Waals surface area contributed by atoms with E-state index in [1.165, 1.54) is 14.2 Å². The standard InChI is InChI=1S/C20H16O4/c1-23-19-15(13-9-5-3-6-10-13)18(22)20(24-2)16(17(19)21)14-11-7-4-8-12-14/h3-12H,1-2H3. The van der Waals surface area contributed by atoms with Crippen LogP contribution in [-0.2, 0) is 19.1 Å². The lowest BCUT2D eigenvalue weighted by atomic mass is 9.86. The topological polar surface area (TPSA) is 52.6 Å². The highest BCUT2D eigenvalue weighted by molar-refractivity contribution is 6.46. The summed E-state index contributed by atoms with van der Waals surface area (Å²) in [5.41, 5.74) is 1.68. The molecule has 120 valence electrons. The molecule has 3 rings (SSSR count). The molecule has 0 bridgehead atoms. The van der Waals surface area contributed by atoms with Crippen molar-refractivity contribution in [2.45, 2.75) is 0 Å². The molecule has 0 unspecified atom stereocenters. The fourth-order valence-electron chi connectivity index (χ4n) is 2.78. The van der Waals surface area contributed by atoms with Gasteiger partial charge in [-0.3, -0.25) is 9.59 Å². The normalized spacial score (nSPS) is 14.9. The number of Topliss-reactive ketones (excluding diaryl/α,β-unsaturated/α-hetero) is 2. The highest BCUT2D eigenvalue weighted by atomic mass is 16.5. The first-order valence-corrected chi connectivity index (χ1v) is 7.45.